The third kappa shape index (κ3) is 9.26. The highest BCUT2D eigenvalue weighted by molar-refractivity contribution is 5.75. The van der Waals surface area contributed by atoms with E-state index in [1.165, 1.54) is 0 Å². The van der Waals surface area contributed by atoms with Crippen molar-refractivity contribution in [1.82, 2.24) is 5.32 Å². The number of amides is 1. The molecule has 0 saturated carbocycles. The molecule has 78 valence electrons. The maximum absolute atomic E-state index is 10.9. The monoisotopic (exact) mass is 191 g/mol. The van der Waals surface area contributed by atoms with Crippen LogP contribution in [-0.4, -0.2) is 49.1 Å². The van der Waals surface area contributed by atoms with Crippen LogP contribution in [0.1, 0.15) is 12.8 Å². The van der Waals surface area contributed by atoms with Crippen molar-refractivity contribution in [3.8, 4) is 0 Å². The van der Waals surface area contributed by atoms with E-state index in [1.807, 2.05) is 0 Å². The number of aliphatic hydroxyl groups excluding tert-OH is 2. The van der Waals surface area contributed by atoms with Gasteiger partial charge in [0.1, 0.15) is 0 Å². The molecule has 0 saturated heterocycles. The molecule has 0 unspecified atom stereocenters. The summed E-state index contributed by atoms with van der Waals surface area (Å²) in [5.74, 6) is -0.0818. The van der Waals surface area contributed by atoms with Crippen LogP contribution in [0.2, 0.25) is 0 Å². The Kier molecular flexibility index (Phi) is 8.97. The lowest BCUT2D eigenvalue weighted by Gasteiger charge is -2.04. The second kappa shape index (κ2) is 9.44. The molecular weight excluding hydrogens is 174 g/mol. The fourth-order valence-corrected chi connectivity index (χ4v) is 0.757. The van der Waals surface area contributed by atoms with E-state index in [0.29, 0.717) is 32.6 Å². The number of rotatable bonds is 8. The van der Waals surface area contributed by atoms with E-state index in [1.54, 1.807) is 0 Å². The molecule has 0 radical (unpaired) electrons. The fourth-order valence-electron chi connectivity index (χ4n) is 0.757. The third-order valence-corrected chi connectivity index (χ3v) is 1.37. The molecule has 0 aromatic rings. The fraction of sp³-hybridized carbons (Fsp3) is 0.875. The van der Waals surface area contributed by atoms with Crippen molar-refractivity contribution in [3.63, 3.8) is 0 Å². The maximum Gasteiger partial charge on any atom is 0.220 e. The molecule has 0 aromatic heterocycles. The molecule has 0 rings (SSSR count). The average Bonchev–Trinajstić information content (AvgIpc) is 2.14. The number of aliphatic hydroxyl groups is 2. The van der Waals surface area contributed by atoms with Crippen molar-refractivity contribution in [2.24, 2.45) is 0 Å². The Balaban J connectivity index is 3.08. The quantitative estimate of drug-likeness (QED) is 0.425. The summed E-state index contributed by atoms with van der Waals surface area (Å²) in [5, 5.41) is 19.4. The van der Waals surface area contributed by atoms with Gasteiger partial charge in [-0.1, -0.05) is 0 Å². The summed E-state index contributed by atoms with van der Waals surface area (Å²) >= 11 is 0. The van der Waals surface area contributed by atoms with Gasteiger partial charge < -0.3 is 20.3 Å². The summed E-state index contributed by atoms with van der Waals surface area (Å²) in [7, 11) is 0. The van der Waals surface area contributed by atoms with Gasteiger partial charge in [0.05, 0.1) is 19.8 Å². The number of ether oxygens (including phenoxy) is 1. The predicted octanol–water partition coefficient (Wildman–Crippen LogP) is -1.12. The molecule has 13 heavy (non-hydrogen) atoms. The van der Waals surface area contributed by atoms with Crippen molar-refractivity contribution in [3.05, 3.63) is 0 Å². The van der Waals surface area contributed by atoms with Gasteiger partial charge >= 0.3 is 0 Å². The van der Waals surface area contributed by atoms with Crippen LogP contribution < -0.4 is 5.32 Å². The summed E-state index contributed by atoms with van der Waals surface area (Å²) in [6.07, 6.45) is 0.833. The summed E-state index contributed by atoms with van der Waals surface area (Å²) in [5.41, 5.74) is 0. The van der Waals surface area contributed by atoms with E-state index in [4.69, 9.17) is 14.9 Å². The van der Waals surface area contributed by atoms with E-state index >= 15 is 0 Å². The average molecular weight is 191 g/mol. The molecule has 0 aromatic carbocycles. The van der Waals surface area contributed by atoms with Crippen LogP contribution in [0.25, 0.3) is 0 Å². The van der Waals surface area contributed by atoms with Crippen LogP contribution in [0.4, 0.5) is 0 Å². The van der Waals surface area contributed by atoms with E-state index in [9.17, 15) is 4.79 Å². The molecule has 0 heterocycles. The Morgan fingerprint density at radius 1 is 1.23 bits per heavy atom. The van der Waals surface area contributed by atoms with Gasteiger partial charge in [-0.15, -0.1) is 0 Å². The summed E-state index contributed by atoms with van der Waals surface area (Å²) in [4.78, 5) is 10.9. The van der Waals surface area contributed by atoms with Crippen molar-refractivity contribution >= 4 is 5.91 Å². The van der Waals surface area contributed by atoms with E-state index in [0.717, 1.165) is 0 Å². The van der Waals surface area contributed by atoms with Crippen molar-refractivity contribution < 1.29 is 19.7 Å². The van der Waals surface area contributed by atoms with E-state index in [2.05, 4.69) is 5.32 Å². The molecule has 0 aliphatic heterocycles. The Labute approximate surface area is 77.7 Å². The lowest BCUT2D eigenvalue weighted by atomic mass is 10.3. The van der Waals surface area contributed by atoms with Crippen LogP contribution in [-0.2, 0) is 9.53 Å². The molecule has 5 nitrogen and oxygen atoms in total. The maximum atomic E-state index is 10.9. The first kappa shape index (κ1) is 12.3. The number of hydrogen-bond donors (Lipinski definition) is 3. The topological polar surface area (TPSA) is 78.8 Å². The number of carbonyl (C=O) groups is 1. The number of carbonyl (C=O) groups excluding carboxylic acids is 1. The first-order chi connectivity index (χ1) is 6.31. The molecule has 1 amide bonds. The summed E-state index contributed by atoms with van der Waals surface area (Å²) < 4.78 is 4.92. The zero-order valence-corrected chi connectivity index (χ0v) is 7.66. The summed E-state index contributed by atoms with van der Waals surface area (Å²) in [6, 6.07) is 0. The molecule has 0 aliphatic rings. The lowest BCUT2D eigenvalue weighted by Crippen LogP contribution is -2.27. The smallest absolute Gasteiger partial charge is 0.220 e. The Morgan fingerprint density at radius 3 is 2.62 bits per heavy atom. The highest BCUT2D eigenvalue weighted by Crippen LogP contribution is 1.85. The Hall–Kier alpha value is -0.650. The van der Waals surface area contributed by atoms with Crippen LogP contribution in [0.3, 0.4) is 0 Å². The minimum Gasteiger partial charge on any atom is -0.396 e. The van der Waals surface area contributed by atoms with Gasteiger partial charge in [-0.3, -0.25) is 4.79 Å². The molecule has 3 N–H and O–H groups in total. The highest BCUT2D eigenvalue weighted by Gasteiger charge is 1.98. The van der Waals surface area contributed by atoms with Gasteiger partial charge in [0.2, 0.25) is 5.91 Å². The largest absolute Gasteiger partial charge is 0.396 e. The first-order valence-corrected chi connectivity index (χ1v) is 4.37. The van der Waals surface area contributed by atoms with Crippen LogP contribution in [0.5, 0.6) is 0 Å². The molecule has 5 heteroatoms. The zero-order chi connectivity index (χ0) is 9.94. The molecule has 0 atom stereocenters. The van der Waals surface area contributed by atoms with Crippen LogP contribution in [0.15, 0.2) is 0 Å². The minimum absolute atomic E-state index is 0.00153. The van der Waals surface area contributed by atoms with E-state index < -0.39 is 0 Å². The van der Waals surface area contributed by atoms with Gasteiger partial charge in [-0.25, -0.2) is 0 Å². The second-order valence-electron chi connectivity index (χ2n) is 2.51. The normalized spacial score (nSPS) is 10.0. The van der Waals surface area contributed by atoms with Gasteiger partial charge in [-0.2, -0.15) is 0 Å². The lowest BCUT2D eigenvalue weighted by molar-refractivity contribution is -0.121. The first-order valence-electron chi connectivity index (χ1n) is 4.37. The molecule has 0 fully saturated rings. The highest BCUT2D eigenvalue weighted by atomic mass is 16.5. The van der Waals surface area contributed by atoms with Crippen LogP contribution >= 0.6 is 0 Å². The molecule has 0 bridgehead atoms. The minimum atomic E-state index is -0.0818. The number of nitrogens with one attached hydrogen (secondary N) is 1. The van der Waals surface area contributed by atoms with Crippen LogP contribution in [0, 0.1) is 0 Å². The Bertz CT molecular complexity index is 129. The summed E-state index contributed by atoms with van der Waals surface area (Å²) in [6.45, 7) is 1.19. The number of hydrogen-bond acceptors (Lipinski definition) is 4. The van der Waals surface area contributed by atoms with Crippen molar-refractivity contribution in [1.29, 1.82) is 0 Å². The van der Waals surface area contributed by atoms with Gasteiger partial charge in [-0.05, 0) is 6.42 Å². The van der Waals surface area contributed by atoms with Gasteiger partial charge in [0.15, 0.2) is 0 Å². The standard InChI is InChI=1S/C8H17NO4/c10-4-1-2-8(12)9-3-6-13-7-5-11/h10-11H,1-7H2,(H,9,12). The third-order valence-electron chi connectivity index (χ3n) is 1.37. The molecule has 0 aliphatic carbocycles. The molecular formula is C8H17NO4. The van der Waals surface area contributed by atoms with Gasteiger partial charge in [0.25, 0.3) is 0 Å². The zero-order valence-electron chi connectivity index (χ0n) is 7.66. The predicted molar refractivity (Wildman–Crippen MR) is 47.2 cm³/mol. The SMILES string of the molecule is O=C(CCCO)NCCOCCO. The van der Waals surface area contributed by atoms with Crippen molar-refractivity contribution in [2.45, 2.75) is 12.8 Å². The van der Waals surface area contributed by atoms with Gasteiger partial charge in [0, 0.05) is 19.6 Å². The Morgan fingerprint density at radius 2 is 2.00 bits per heavy atom. The van der Waals surface area contributed by atoms with Crippen molar-refractivity contribution in [2.75, 3.05) is 33.0 Å². The molecule has 0 spiro atoms. The van der Waals surface area contributed by atoms with E-state index in [-0.39, 0.29) is 19.1 Å². The second-order valence-corrected chi connectivity index (χ2v) is 2.51.